The van der Waals surface area contributed by atoms with Crippen molar-refractivity contribution in [3.8, 4) is 0 Å². The standard InChI is InChI=1S/C18H37N/c1-7-10-17(5)11-14-18(6,12-8-2)13-9-15-19-16(3)4/h17,19H,3,7-15H2,1-2,4-6H3/t17-,18?/m1/s1. The van der Waals surface area contributed by atoms with Crippen LogP contribution in [0.15, 0.2) is 12.3 Å². The normalized spacial score (nSPS) is 15.8. The molecule has 2 atom stereocenters. The SMILES string of the molecule is C=C(C)NCCCC(C)(CCC)CC[C@H](C)CCC. The highest BCUT2D eigenvalue weighted by Crippen LogP contribution is 2.36. The largest absolute Gasteiger partial charge is 0.389 e. The molecule has 0 saturated heterocycles. The van der Waals surface area contributed by atoms with E-state index in [2.05, 4.69) is 39.6 Å². The molecular weight excluding hydrogens is 230 g/mol. The second-order valence-corrected chi connectivity index (χ2v) is 6.80. The average Bonchev–Trinajstić information content (AvgIpc) is 2.33. The Bertz CT molecular complexity index is 234. The summed E-state index contributed by atoms with van der Waals surface area (Å²) in [6.07, 6.45) is 10.8. The van der Waals surface area contributed by atoms with Gasteiger partial charge >= 0.3 is 0 Å². The van der Waals surface area contributed by atoms with Gasteiger partial charge in [-0.1, -0.05) is 60.0 Å². The van der Waals surface area contributed by atoms with E-state index < -0.39 is 0 Å². The molecule has 0 saturated carbocycles. The van der Waals surface area contributed by atoms with E-state index in [4.69, 9.17) is 0 Å². The van der Waals surface area contributed by atoms with Gasteiger partial charge in [-0.25, -0.2) is 0 Å². The summed E-state index contributed by atoms with van der Waals surface area (Å²) in [5, 5.41) is 3.35. The van der Waals surface area contributed by atoms with Gasteiger partial charge in [-0.2, -0.15) is 0 Å². The molecule has 19 heavy (non-hydrogen) atoms. The molecule has 114 valence electrons. The molecule has 0 radical (unpaired) electrons. The third kappa shape index (κ3) is 10.0. The van der Waals surface area contributed by atoms with Crippen LogP contribution in [0.2, 0.25) is 0 Å². The van der Waals surface area contributed by atoms with Gasteiger partial charge in [-0.3, -0.25) is 0 Å². The zero-order valence-electron chi connectivity index (χ0n) is 14.1. The first-order chi connectivity index (χ1) is 8.93. The van der Waals surface area contributed by atoms with Gasteiger partial charge in [0.15, 0.2) is 0 Å². The van der Waals surface area contributed by atoms with Crippen molar-refractivity contribution < 1.29 is 0 Å². The zero-order valence-corrected chi connectivity index (χ0v) is 14.1. The number of rotatable bonds is 12. The van der Waals surface area contributed by atoms with Crippen LogP contribution in [0.5, 0.6) is 0 Å². The second-order valence-electron chi connectivity index (χ2n) is 6.80. The minimum absolute atomic E-state index is 0.549. The molecule has 0 aromatic rings. The number of nitrogens with one attached hydrogen (secondary N) is 1. The Hall–Kier alpha value is -0.460. The van der Waals surface area contributed by atoms with Gasteiger partial charge in [0.25, 0.3) is 0 Å². The first kappa shape index (κ1) is 18.5. The van der Waals surface area contributed by atoms with Crippen molar-refractivity contribution in [2.75, 3.05) is 6.54 Å². The Morgan fingerprint density at radius 3 is 2.32 bits per heavy atom. The highest BCUT2D eigenvalue weighted by atomic mass is 14.9. The fourth-order valence-electron chi connectivity index (χ4n) is 3.03. The lowest BCUT2D eigenvalue weighted by molar-refractivity contribution is 0.218. The lowest BCUT2D eigenvalue weighted by Gasteiger charge is -2.31. The van der Waals surface area contributed by atoms with Crippen LogP contribution >= 0.6 is 0 Å². The lowest BCUT2D eigenvalue weighted by atomic mass is 9.75. The van der Waals surface area contributed by atoms with Crippen LogP contribution < -0.4 is 5.32 Å². The molecule has 0 aliphatic carbocycles. The average molecular weight is 268 g/mol. The summed E-state index contributed by atoms with van der Waals surface area (Å²) in [7, 11) is 0. The van der Waals surface area contributed by atoms with Crippen molar-refractivity contribution in [1.29, 1.82) is 0 Å². The van der Waals surface area contributed by atoms with Gasteiger partial charge in [0, 0.05) is 12.2 Å². The van der Waals surface area contributed by atoms with Gasteiger partial charge in [0.05, 0.1) is 0 Å². The van der Waals surface area contributed by atoms with Crippen LogP contribution in [0.1, 0.15) is 86.0 Å². The van der Waals surface area contributed by atoms with Gasteiger partial charge in [-0.15, -0.1) is 0 Å². The van der Waals surface area contributed by atoms with Crippen LogP contribution in [0.4, 0.5) is 0 Å². The first-order valence-corrected chi connectivity index (χ1v) is 8.33. The van der Waals surface area contributed by atoms with Gasteiger partial charge in [0.1, 0.15) is 0 Å². The van der Waals surface area contributed by atoms with Crippen LogP contribution in [-0.2, 0) is 0 Å². The van der Waals surface area contributed by atoms with E-state index in [0.717, 1.165) is 18.2 Å². The molecule has 0 heterocycles. The molecule has 1 unspecified atom stereocenters. The minimum atomic E-state index is 0.549. The summed E-state index contributed by atoms with van der Waals surface area (Å²) >= 11 is 0. The monoisotopic (exact) mass is 267 g/mol. The third-order valence-corrected chi connectivity index (χ3v) is 4.26. The van der Waals surface area contributed by atoms with Crippen molar-refractivity contribution in [1.82, 2.24) is 5.32 Å². The summed E-state index contributed by atoms with van der Waals surface area (Å²) in [5.41, 5.74) is 1.64. The smallest absolute Gasteiger partial charge is 0.0143 e. The second kappa shape index (κ2) is 10.3. The molecule has 0 rings (SSSR count). The Morgan fingerprint density at radius 1 is 1.11 bits per heavy atom. The molecule has 0 fully saturated rings. The van der Waals surface area contributed by atoms with E-state index in [1.165, 1.54) is 51.4 Å². The maximum atomic E-state index is 3.89. The zero-order chi connectivity index (χ0) is 14.7. The van der Waals surface area contributed by atoms with Crippen molar-refractivity contribution in [3.05, 3.63) is 12.3 Å². The minimum Gasteiger partial charge on any atom is -0.389 e. The van der Waals surface area contributed by atoms with E-state index >= 15 is 0 Å². The summed E-state index contributed by atoms with van der Waals surface area (Å²) in [4.78, 5) is 0. The number of hydrogen-bond donors (Lipinski definition) is 1. The Balaban J connectivity index is 4.06. The molecule has 0 aliphatic heterocycles. The summed E-state index contributed by atoms with van der Waals surface area (Å²) in [6, 6.07) is 0. The molecule has 0 aromatic heterocycles. The molecule has 1 nitrogen and oxygen atoms in total. The molecule has 0 aromatic carbocycles. The van der Waals surface area contributed by atoms with Crippen molar-refractivity contribution >= 4 is 0 Å². The van der Waals surface area contributed by atoms with Crippen molar-refractivity contribution in [2.45, 2.75) is 86.0 Å². The van der Waals surface area contributed by atoms with Gasteiger partial charge in [0.2, 0.25) is 0 Å². The van der Waals surface area contributed by atoms with E-state index in [0.29, 0.717) is 5.41 Å². The van der Waals surface area contributed by atoms with E-state index in [-0.39, 0.29) is 0 Å². The topological polar surface area (TPSA) is 12.0 Å². The van der Waals surface area contributed by atoms with Crippen LogP contribution in [0.25, 0.3) is 0 Å². The highest BCUT2D eigenvalue weighted by Gasteiger charge is 2.23. The molecule has 0 bridgehead atoms. The maximum absolute atomic E-state index is 3.89. The molecule has 1 heteroatoms. The first-order valence-electron chi connectivity index (χ1n) is 8.33. The Kier molecular flexibility index (Phi) is 10.1. The molecule has 0 spiro atoms. The predicted octanol–water partition coefficient (Wildman–Crippen LogP) is 5.91. The van der Waals surface area contributed by atoms with Gasteiger partial charge < -0.3 is 5.32 Å². The fraction of sp³-hybridized carbons (Fsp3) is 0.889. The summed E-state index contributed by atoms with van der Waals surface area (Å²) in [6.45, 7) is 16.5. The predicted molar refractivity (Wildman–Crippen MR) is 88.4 cm³/mol. The Labute approximate surface area is 122 Å². The molecule has 0 aliphatic rings. The van der Waals surface area contributed by atoms with Crippen LogP contribution in [0, 0.1) is 11.3 Å². The maximum Gasteiger partial charge on any atom is 0.0143 e. The quantitative estimate of drug-likeness (QED) is 0.433. The lowest BCUT2D eigenvalue weighted by Crippen LogP contribution is -2.20. The molecule has 0 amide bonds. The molecular formula is C18H37N. The fourth-order valence-corrected chi connectivity index (χ4v) is 3.03. The summed E-state index contributed by atoms with van der Waals surface area (Å²) in [5.74, 6) is 0.898. The van der Waals surface area contributed by atoms with Crippen LogP contribution in [-0.4, -0.2) is 6.54 Å². The Morgan fingerprint density at radius 2 is 1.79 bits per heavy atom. The number of allylic oxidation sites excluding steroid dienone is 1. The molecule has 1 N–H and O–H groups in total. The van der Waals surface area contributed by atoms with Crippen molar-refractivity contribution in [2.24, 2.45) is 11.3 Å². The van der Waals surface area contributed by atoms with E-state index in [9.17, 15) is 0 Å². The van der Waals surface area contributed by atoms with Crippen molar-refractivity contribution in [3.63, 3.8) is 0 Å². The van der Waals surface area contributed by atoms with E-state index in [1.807, 2.05) is 6.92 Å². The third-order valence-electron chi connectivity index (χ3n) is 4.26. The van der Waals surface area contributed by atoms with E-state index in [1.54, 1.807) is 0 Å². The van der Waals surface area contributed by atoms with Gasteiger partial charge in [-0.05, 0) is 43.9 Å². The highest BCUT2D eigenvalue weighted by molar-refractivity contribution is 4.84. The summed E-state index contributed by atoms with van der Waals surface area (Å²) < 4.78 is 0. The number of hydrogen-bond acceptors (Lipinski definition) is 1. The van der Waals surface area contributed by atoms with Crippen LogP contribution in [0.3, 0.4) is 0 Å².